The summed E-state index contributed by atoms with van der Waals surface area (Å²) in [7, 11) is 1.73. The molecular weight excluding hydrogens is 442 g/mol. The predicted molar refractivity (Wildman–Crippen MR) is 115 cm³/mol. The minimum absolute atomic E-state index is 0. The van der Waals surface area contributed by atoms with Crippen LogP contribution in [0.3, 0.4) is 0 Å². The number of hydrogen-bond donors (Lipinski definition) is 2. The molecule has 1 heterocycles. The molecule has 0 saturated carbocycles. The SMILES string of the molecule is CN=C(NCc1ccc(F)c(C)c1)NCc1cccc2cccnc12.I. The molecule has 0 amide bonds. The molecule has 0 unspecified atom stereocenters. The largest absolute Gasteiger partial charge is 0.352 e. The lowest BCUT2D eigenvalue weighted by atomic mass is 10.1. The van der Waals surface area contributed by atoms with E-state index in [1.165, 1.54) is 6.07 Å². The fraction of sp³-hybridized carbons (Fsp3) is 0.200. The fourth-order valence-corrected chi connectivity index (χ4v) is 2.71. The molecule has 2 N–H and O–H groups in total. The molecule has 0 aliphatic rings. The summed E-state index contributed by atoms with van der Waals surface area (Å²) in [5.41, 5.74) is 3.75. The van der Waals surface area contributed by atoms with Gasteiger partial charge in [-0.3, -0.25) is 9.98 Å². The summed E-state index contributed by atoms with van der Waals surface area (Å²) in [5.74, 6) is 0.504. The Bertz CT molecular complexity index is 906. The van der Waals surface area contributed by atoms with Crippen molar-refractivity contribution in [1.82, 2.24) is 15.6 Å². The Morgan fingerprint density at radius 1 is 1.08 bits per heavy atom. The van der Waals surface area contributed by atoms with Crippen LogP contribution in [0.4, 0.5) is 4.39 Å². The van der Waals surface area contributed by atoms with Crippen LogP contribution in [-0.2, 0) is 13.1 Å². The smallest absolute Gasteiger partial charge is 0.191 e. The van der Waals surface area contributed by atoms with Crippen LogP contribution in [0.5, 0.6) is 0 Å². The maximum atomic E-state index is 13.3. The molecule has 0 saturated heterocycles. The van der Waals surface area contributed by atoms with E-state index >= 15 is 0 Å². The molecule has 0 atom stereocenters. The van der Waals surface area contributed by atoms with Crippen molar-refractivity contribution in [3.8, 4) is 0 Å². The number of para-hydroxylation sites is 1. The van der Waals surface area contributed by atoms with Gasteiger partial charge in [-0.25, -0.2) is 4.39 Å². The normalized spacial score (nSPS) is 11.1. The van der Waals surface area contributed by atoms with Gasteiger partial charge in [0.25, 0.3) is 0 Å². The third kappa shape index (κ3) is 4.91. The van der Waals surface area contributed by atoms with Crippen molar-refractivity contribution in [1.29, 1.82) is 0 Å². The standard InChI is InChI=1S/C20H21FN4.HI/c1-14-11-15(8-9-18(14)21)12-24-20(22-2)25-13-17-6-3-5-16-7-4-10-23-19(16)17;/h3-11H,12-13H2,1-2H3,(H2,22,24,25);1H. The van der Waals surface area contributed by atoms with Crippen molar-refractivity contribution in [2.75, 3.05) is 7.05 Å². The number of aryl methyl sites for hydroxylation is 1. The molecule has 0 aliphatic heterocycles. The zero-order valence-corrected chi connectivity index (χ0v) is 17.1. The summed E-state index contributed by atoms with van der Waals surface area (Å²) in [6.07, 6.45) is 1.80. The monoisotopic (exact) mass is 464 g/mol. The number of guanidine groups is 1. The van der Waals surface area contributed by atoms with E-state index in [1.807, 2.05) is 18.2 Å². The summed E-state index contributed by atoms with van der Waals surface area (Å²) in [5, 5.41) is 7.66. The number of hydrogen-bond acceptors (Lipinski definition) is 2. The first-order valence-electron chi connectivity index (χ1n) is 8.19. The molecule has 2 aromatic carbocycles. The van der Waals surface area contributed by atoms with Crippen LogP contribution in [0, 0.1) is 12.7 Å². The maximum absolute atomic E-state index is 13.3. The summed E-state index contributed by atoms with van der Waals surface area (Å²) < 4.78 is 13.3. The lowest BCUT2D eigenvalue weighted by Crippen LogP contribution is -2.36. The highest BCUT2D eigenvalue weighted by molar-refractivity contribution is 14.0. The zero-order valence-electron chi connectivity index (χ0n) is 14.8. The Hall–Kier alpha value is -2.22. The predicted octanol–water partition coefficient (Wildman–Crippen LogP) is 4.17. The third-order valence-electron chi connectivity index (χ3n) is 4.07. The van der Waals surface area contributed by atoms with Gasteiger partial charge in [-0.15, -0.1) is 24.0 Å². The van der Waals surface area contributed by atoms with Gasteiger partial charge in [0.1, 0.15) is 5.82 Å². The highest BCUT2D eigenvalue weighted by atomic mass is 127. The topological polar surface area (TPSA) is 49.3 Å². The van der Waals surface area contributed by atoms with Crippen molar-refractivity contribution >= 4 is 40.8 Å². The number of pyridine rings is 1. The van der Waals surface area contributed by atoms with E-state index in [0.717, 1.165) is 22.0 Å². The number of rotatable bonds is 4. The Morgan fingerprint density at radius 2 is 1.85 bits per heavy atom. The second-order valence-electron chi connectivity index (χ2n) is 5.86. The van der Waals surface area contributed by atoms with Gasteiger partial charge in [-0.2, -0.15) is 0 Å². The molecule has 3 rings (SSSR count). The van der Waals surface area contributed by atoms with E-state index in [2.05, 4.69) is 38.8 Å². The van der Waals surface area contributed by atoms with E-state index in [0.29, 0.717) is 24.6 Å². The molecule has 0 bridgehead atoms. The van der Waals surface area contributed by atoms with E-state index in [9.17, 15) is 4.39 Å². The molecule has 4 nitrogen and oxygen atoms in total. The molecule has 26 heavy (non-hydrogen) atoms. The van der Waals surface area contributed by atoms with Crippen LogP contribution in [0.15, 0.2) is 59.7 Å². The quantitative estimate of drug-likeness (QED) is 0.346. The number of benzene rings is 2. The molecule has 0 aliphatic carbocycles. The molecule has 0 fully saturated rings. The summed E-state index contributed by atoms with van der Waals surface area (Å²) in [6, 6.07) is 15.2. The van der Waals surface area contributed by atoms with E-state index in [4.69, 9.17) is 0 Å². The average Bonchev–Trinajstić information content (AvgIpc) is 2.64. The van der Waals surface area contributed by atoms with Crippen LogP contribution in [0.1, 0.15) is 16.7 Å². The van der Waals surface area contributed by atoms with Crippen molar-refractivity contribution in [3.63, 3.8) is 0 Å². The van der Waals surface area contributed by atoms with E-state index in [-0.39, 0.29) is 29.8 Å². The molecule has 136 valence electrons. The van der Waals surface area contributed by atoms with Gasteiger partial charge in [0.05, 0.1) is 5.52 Å². The number of nitrogens with one attached hydrogen (secondary N) is 2. The second kappa shape index (κ2) is 9.47. The highest BCUT2D eigenvalue weighted by Crippen LogP contribution is 2.15. The summed E-state index contributed by atoms with van der Waals surface area (Å²) >= 11 is 0. The van der Waals surface area contributed by atoms with Crippen molar-refractivity contribution < 1.29 is 4.39 Å². The van der Waals surface area contributed by atoms with Crippen LogP contribution < -0.4 is 10.6 Å². The van der Waals surface area contributed by atoms with Gasteiger partial charge >= 0.3 is 0 Å². The number of aromatic nitrogens is 1. The maximum Gasteiger partial charge on any atom is 0.191 e. The van der Waals surface area contributed by atoms with Crippen LogP contribution in [0.2, 0.25) is 0 Å². The number of fused-ring (bicyclic) bond motifs is 1. The molecule has 0 spiro atoms. The first-order valence-corrected chi connectivity index (χ1v) is 8.19. The Kier molecular flexibility index (Phi) is 7.32. The number of nitrogens with zero attached hydrogens (tertiary/aromatic N) is 2. The Balaban J connectivity index is 0.00000243. The molecule has 1 aromatic heterocycles. The van der Waals surface area contributed by atoms with Gasteiger partial charge in [-0.05, 0) is 35.7 Å². The Labute approximate surface area is 170 Å². The lowest BCUT2D eigenvalue weighted by Gasteiger charge is -2.13. The average molecular weight is 464 g/mol. The van der Waals surface area contributed by atoms with Gasteiger partial charge in [0.2, 0.25) is 0 Å². The van der Waals surface area contributed by atoms with Crippen LogP contribution in [-0.4, -0.2) is 18.0 Å². The van der Waals surface area contributed by atoms with E-state index < -0.39 is 0 Å². The second-order valence-corrected chi connectivity index (χ2v) is 5.86. The Morgan fingerprint density at radius 3 is 2.62 bits per heavy atom. The molecule has 0 radical (unpaired) electrons. The molecule has 6 heteroatoms. The van der Waals surface area contributed by atoms with Gasteiger partial charge < -0.3 is 10.6 Å². The highest BCUT2D eigenvalue weighted by Gasteiger charge is 2.04. The lowest BCUT2D eigenvalue weighted by molar-refractivity contribution is 0.617. The summed E-state index contributed by atoms with van der Waals surface area (Å²) in [6.45, 7) is 2.96. The van der Waals surface area contributed by atoms with Crippen molar-refractivity contribution in [2.45, 2.75) is 20.0 Å². The van der Waals surface area contributed by atoms with Crippen molar-refractivity contribution in [2.24, 2.45) is 4.99 Å². The summed E-state index contributed by atoms with van der Waals surface area (Å²) in [4.78, 5) is 8.70. The van der Waals surface area contributed by atoms with Gasteiger partial charge in [0.15, 0.2) is 5.96 Å². The van der Waals surface area contributed by atoms with Crippen molar-refractivity contribution in [3.05, 3.63) is 77.2 Å². The number of halogens is 2. The third-order valence-corrected chi connectivity index (χ3v) is 4.07. The minimum Gasteiger partial charge on any atom is -0.352 e. The minimum atomic E-state index is -0.185. The first kappa shape index (κ1) is 20.1. The zero-order chi connectivity index (χ0) is 17.6. The fourth-order valence-electron chi connectivity index (χ4n) is 2.71. The number of aliphatic imine (C=N–C) groups is 1. The molecular formula is C20H22FIN4. The molecule has 3 aromatic rings. The van der Waals surface area contributed by atoms with Crippen LogP contribution in [0.25, 0.3) is 10.9 Å². The van der Waals surface area contributed by atoms with Crippen LogP contribution >= 0.6 is 24.0 Å². The van der Waals surface area contributed by atoms with E-state index in [1.54, 1.807) is 26.2 Å². The first-order chi connectivity index (χ1) is 12.2. The van der Waals surface area contributed by atoms with Gasteiger partial charge in [-0.1, -0.05) is 36.4 Å². The van der Waals surface area contributed by atoms with Gasteiger partial charge in [0, 0.05) is 31.7 Å².